The van der Waals surface area contributed by atoms with Crippen molar-refractivity contribution in [1.82, 2.24) is 0 Å². The second kappa shape index (κ2) is 8.59. The zero-order valence-corrected chi connectivity index (χ0v) is 13.1. The van der Waals surface area contributed by atoms with Crippen LogP contribution in [-0.4, -0.2) is 10.9 Å². The number of phenols is 1. The molecule has 0 saturated carbocycles. The molecule has 0 spiro atoms. The van der Waals surface area contributed by atoms with E-state index in [0.29, 0.717) is 5.75 Å². The number of rotatable bonds is 7. The number of phenolic OH excluding ortho intramolecular Hbond substituents is 1. The lowest BCUT2D eigenvalue weighted by atomic mass is 10.1. The maximum atomic E-state index is 12.1. The van der Waals surface area contributed by atoms with E-state index < -0.39 is 0 Å². The van der Waals surface area contributed by atoms with Crippen LogP contribution in [0.15, 0.2) is 66.9 Å². The third-order valence-electron chi connectivity index (χ3n) is 3.22. The predicted molar refractivity (Wildman–Crippen MR) is 92.6 cm³/mol. The number of benzene rings is 2. The molecule has 0 aromatic heterocycles. The first-order valence-corrected chi connectivity index (χ1v) is 7.63. The Labute approximate surface area is 136 Å². The van der Waals surface area contributed by atoms with Crippen molar-refractivity contribution in [2.75, 3.05) is 0 Å². The van der Waals surface area contributed by atoms with Crippen molar-refractivity contribution in [2.24, 2.45) is 0 Å². The van der Waals surface area contributed by atoms with Gasteiger partial charge in [0.05, 0.1) is 11.8 Å². The Hall–Kier alpha value is -2.81. The van der Waals surface area contributed by atoms with E-state index in [9.17, 15) is 9.90 Å². The number of ether oxygens (including phenoxy) is 1. The minimum absolute atomic E-state index is 0.0888. The minimum Gasteiger partial charge on any atom is -0.507 e. The Kier molecular flexibility index (Phi) is 6.18. The molecule has 23 heavy (non-hydrogen) atoms. The van der Waals surface area contributed by atoms with Gasteiger partial charge in [-0.15, -0.1) is 0 Å². The summed E-state index contributed by atoms with van der Waals surface area (Å²) in [6, 6.07) is 14.2. The third kappa shape index (κ3) is 5.15. The minimum atomic E-state index is -0.251. The molecule has 0 radical (unpaired) electrons. The van der Waals surface area contributed by atoms with Gasteiger partial charge in [0.15, 0.2) is 5.78 Å². The summed E-state index contributed by atoms with van der Waals surface area (Å²) in [5.74, 6) is 0.159. The molecule has 2 aromatic carbocycles. The van der Waals surface area contributed by atoms with Crippen LogP contribution in [0.3, 0.4) is 0 Å². The maximum Gasteiger partial charge on any atom is 0.189 e. The van der Waals surface area contributed by atoms with Crippen molar-refractivity contribution in [3.05, 3.63) is 78.1 Å². The van der Waals surface area contributed by atoms with Crippen molar-refractivity contribution in [3.8, 4) is 11.5 Å². The summed E-state index contributed by atoms with van der Waals surface area (Å²) in [5, 5.41) is 10.0. The van der Waals surface area contributed by atoms with Crippen LogP contribution < -0.4 is 4.74 Å². The fraction of sp³-hybridized carbons (Fsp3) is 0.150. The van der Waals surface area contributed by atoms with E-state index in [0.717, 1.165) is 18.4 Å². The number of hydrogen-bond acceptors (Lipinski definition) is 3. The third-order valence-corrected chi connectivity index (χ3v) is 3.22. The average Bonchev–Trinajstić information content (AvgIpc) is 2.58. The van der Waals surface area contributed by atoms with Crippen LogP contribution in [0.4, 0.5) is 0 Å². The fourth-order valence-electron chi connectivity index (χ4n) is 1.98. The molecule has 1 N–H and O–H groups in total. The summed E-state index contributed by atoms with van der Waals surface area (Å²) in [6.45, 7) is 2.08. The van der Waals surface area contributed by atoms with Gasteiger partial charge in [0.2, 0.25) is 0 Å². The Balaban J connectivity index is 2.05. The number of hydrogen-bond donors (Lipinski definition) is 1. The van der Waals surface area contributed by atoms with Crippen LogP contribution in [0.25, 0.3) is 6.08 Å². The van der Waals surface area contributed by atoms with Crippen LogP contribution in [0.5, 0.6) is 11.5 Å². The smallest absolute Gasteiger partial charge is 0.189 e. The number of unbranched alkanes of at least 4 members (excludes halogenated alkanes) is 1. The highest BCUT2D eigenvalue weighted by molar-refractivity contribution is 6.08. The Morgan fingerprint density at radius 3 is 2.65 bits per heavy atom. The standard InChI is InChI=1S/C20H20O3/c1-2-3-7-14-23-17-11-12-18(20(22)15-17)19(21)13-10-16-8-5-4-6-9-16/h4-15,22H,2-3H2,1H3/b13-10+,14-7+. The summed E-state index contributed by atoms with van der Waals surface area (Å²) < 4.78 is 5.38. The second-order valence-electron chi connectivity index (χ2n) is 5.07. The number of allylic oxidation sites excluding steroid dienone is 2. The molecule has 0 saturated heterocycles. The molecular weight excluding hydrogens is 288 g/mol. The van der Waals surface area contributed by atoms with Gasteiger partial charge in [0, 0.05) is 6.07 Å². The lowest BCUT2D eigenvalue weighted by molar-refractivity contribution is 0.104. The quantitative estimate of drug-likeness (QED) is 0.446. The number of ketones is 1. The summed E-state index contributed by atoms with van der Waals surface area (Å²) in [5.41, 5.74) is 1.18. The van der Waals surface area contributed by atoms with Gasteiger partial charge in [-0.1, -0.05) is 49.8 Å². The lowest BCUT2D eigenvalue weighted by Crippen LogP contribution is -1.95. The van der Waals surface area contributed by atoms with Crippen LogP contribution >= 0.6 is 0 Å². The van der Waals surface area contributed by atoms with E-state index >= 15 is 0 Å². The molecule has 0 aliphatic rings. The molecule has 3 nitrogen and oxygen atoms in total. The van der Waals surface area contributed by atoms with Gasteiger partial charge in [-0.25, -0.2) is 0 Å². The Morgan fingerprint density at radius 2 is 1.96 bits per heavy atom. The number of carbonyl (C=O) groups excluding carboxylic acids is 1. The summed E-state index contributed by atoms with van der Waals surface area (Å²) in [4.78, 5) is 12.1. The van der Waals surface area contributed by atoms with E-state index in [4.69, 9.17) is 4.74 Å². The molecular formula is C20H20O3. The van der Waals surface area contributed by atoms with E-state index in [1.165, 1.54) is 12.1 Å². The topological polar surface area (TPSA) is 46.5 Å². The predicted octanol–water partition coefficient (Wildman–Crippen LogP) is 4.98. The molecule has 0 fully saturated rings. The molecule has 0 bridgehead atoms. The van der Waals surface area contributed by atoms with Crippen LogP contribution in [0.2, 0.25) is 0 Å². The Morgan fingerprint density at radius 1 is 1.17 bits per heavy atom. The monoisotopic (exact) mass is 308 g/mol. The van der Waals surface area contributed by atoms with Gasteiger partial charge in [0.1, 0.15) is 11.5 Å². The van der Waals surface area contributed by atoms with Gasteiger partial charge in [-0.2, -0.15) is 0 Å². The molecule has 2 rings (SSSR count). The molecule has 0 aliphatic heterocycles. The van der Waals surface area contributed by atoms with Gasteiger partial charge < -0.3 is 9.84 Å². The maximum absolute atomic E-state index is 12.1. The van der Waals surface area contributed by atoms with Crippen molar-refractivity contribution in [2.45, 2.75) is 19.8 Å². The first-order valence-electron chi connectivity index (χ1n) is 7.63. The normalized spacial score (nSPS) is 11.2. The zero-order valence-electron chi connectivity index (χ0n) is 13.1. The molecule has 3 heteroatoms. The van der Waals surface area contributed by atoms with Crippen molar-refractivity contribution in [3.63, 3.8) is 0 Å². The zero-order chi connectivity index (χ0) is 16.5. The largest absolute Gasteiger partial charge is 0.507 e. The van der Waals surface area contributed by atoms with E-state index in [-0.39, 0.29) is 17.1 Å². The highest BCUT2D eigenvalue weighted by Gasteiger charge is 2.09. The number of carbonyl (C=O) groups is 1. The highest BCUT2D eigenvalue weighted by Crippen LogP contribution is 2.24. The van der Waals surface area contributed by atoms with Crippen LogP contribution in [0, 0.1) is 0 Å². The molecule has 0 aliphatic carbocycles. The van der Waals surface area contributed by atoms with E-state index in [1.54, 1.807) is 24.5 Å². The molecule has 0 atom stereocenters. The second-order valence-corrected chi connectivity index (χ2v) is 5.07. The SMILES string of the molecule is CCC/C=C/Oc1ccc(C(=O)/C=C/c2ccccc2)c(O)c1. The summed E-state index contributed by atoms with van der Waals surface area (Å²) in [6.07, 6.45) is 8.67. The number of aromatic hydroxyl groups is 1. The first-order chi connectivity index (χ1) is 11.2. The molecule has 2 aromatic rings. The highest BCUT2D eigenvalue weighted by atomic mass is 16.5. The van der Waals surface area contributed by atoms with Gasteiger partial charge in [-0.3, -0.25) is 4.79 Å². The molecule has 118 valence electrons. The molecule has 0 unspecified atom stereocenters. The van der Waals surface area contributed by atoms with E-state index in [2.05, 4.69) is 6.92 Å². The van der Waals surface area contributed by atoms with Crippen LogP contribution in [-0.2, 0) is 0 Å². The van der Waals surface area contributed by atoms with Gasteiger partial charge >= 0.3 is 0 Å². The molecule has 0 amide bonds. The lowest BCUT2D eigenvalue weighted by Gasteiger charge is -2.04. The van der Waals surface area contributed by atoms with E-state index in [1.807, 2.05) is 36.4 Å². The van der Waals surface area contributed by atoms with Crippen LogP contribution in [0.1, 0.15) is 35.7 Å². The average molecular weight is 308 g/mol. The Bertz CT molecular complexity index is 700. The van der Waals surface area contributed by atoms with Gasteiger partial charge in [0.25, 0.3) is 0 Å². The van der Waals surface area contributed by atoms with Crippen molar-refractivity contribution in [1.29, 1.82) is 0 Å². The van der Waals surface area contributed by atoms with Gasteiger partial charge in [-0.05, 0) is 36.3 Å². The van der Waals surface area contributed by atoms with Crippen molar-refractivity contribution < 1.29 is 14.6 Å². The van der Waals surface area contributed by atoms with Crippen molar-refractivity contribution >= 4 is 11.9 Å². The molecule has 0 heterocycles. The first kappa shape index (κ1) is 16.6. The summed E-state index contributed by atoms with van der Waals surface area (Å²) in [7, 11) is 0. The fourth-order valence-corrected chi connectivity index (χ4v) is 1.98. The summed E-state index contributed by atoms with van der Waals surface area (Å²) >= 11 is 0.